The van der Waals surface area contributed by atoms with E-state index in [0.29, 0.717) is 12.3 Å². The molecule has 1 aromatic heterocycles. The summed E-state index contributed by atoms with van der Waals surface area (Å²) in [4.78, 5) is 19.3. The van der Waals surface area contributed by atoms with Crippen LogP contribution in [0.5, 0.6) is 0 Å². The Morgan fingerprint density at radius 2 is 2.00 bits per heavy atom. The number of likely N-dealkylation sites (tertiary alicyclic amines) is 1. The van der Waals surface area contributed by atoms with Gasteiger partial charge >= 0.3 is 0 Å². The van der Waals surface area contributed by atoms with E-state index in [2.05, 4.69) is 4.90 Å². The lowest BCUT2D eigenvalue weighted by atomic mass is 10.2. The minimum Gasteiger partial charge on any atom is -0.412 e. The molecule has 1 fully saturated rings. The fraction of sp³-hybridized carbons (Fsp3) is 0.400. The van der Waals surface area contributed by atoms with Crippen molar-refractivity contribution >= 4 is 17.2 Å². The van der Waals surface area contributed by atoms with E-state index in [1.54, 1.807) is 4.73 Å². The Labute approximate surface area is 112 Å². The van der Waals surface area contributed by atoms with Gasteiger partial charge in [-0.2, -0.15) is 4.73 Å². The molecule has 19 heavy (non-hydrogen) atoms. The third-order valence-corrected chi connectivity index (χ3v) is 3.64. The maximum Gasteiger partial charge on any atom is 0.169 e. The fourth-order valence-electron chi connectivity index (χ4n) is 2.64. The monoisotopic (exact) mass is 258 g/mol. The number of carbonyl (C=O) groups excluding carboxylic acids is 1. The molecule has 4 nitrogen and oxygen atoms in total. The molecule has 0 aliphatic carbocycles. The van der Waals surface area contributed by atoms with Gasteiger partial charge < -0.3 is 4.84 Å². The smallest absolute Gasteiger partial charge is 0.169 e. The SMILES string of the molecule is O=Cc1cc2ccccc2n1OCCN1CCCC1. The standard InChI is InChI=1S/C15H18N2O2/c18-12-14-11-13-5-1-2-6-15(13)17(14)19-10-9-16-7-3-4-8-16/h1-2,5-6,11-12H,3-4,7-10H2. The van der Waals surface area contributed by atoms with Crippen LogP contribution >= 0.6 is 0 Å². The number of aromatic nitrogens is 1. The second-order valence-corrected chi connectivity index (χ2v) is 4.92. The summed E-state index contributed by atoms with van der Waals surface area (Å²) in [5.74, 6) is 0. The first kappa shape index (κ1) is 12.2. The van der Waals surface area contributed by atoms with Crippen LogP contribution in [0.25, 0.3) is 10.9 Å². The Hall–Kier alpha value is -1.81. The summed E-state index contributed by atoms with van der Waals surface area (Å²) in [5.41, 5.74) is 1.52. The Morgan fingerprint density at radius 3 is 2.79 bits per heavy atom. The van der Waals surface area contributed by atoms with Crippen molar-refractivity contribution in [1.82, 2.24) is 9.63 Å². The maximum atomic E-state index is 11.1. The number of para-hydroxylation sites is 1. The second-order valence-electron chi connectivity index (χ2n) is 4.92. The van der Waals surface area contributed by atoms with Gasteiger partial charge in [0.15, 0.2) is 6.29 Å². The van der Waals surface area contributed by atoms with Gasteiger partial charge in [0, 0.05) is 11.9 Å². The zero-order valence-electron chi connectivity index (χ0n) is 10.9. The van der Waals surface area contributed by atoms with Crippen LogP contribution in [0.2, 0.25) is 0 Å². The zero-order chi connectivity index (χ0) is 13.1. The summed E-state index contributed by atoms with van der Waals surface area (Å²) in [6.07, 6.45) is 3.41. The number of nitrogens with zero attached hydrogens (tertiary/aromatic N) is 2. The largest absolute Gasteiger partial charge is 0.412 e. The molecule has 0 bridgehead atoms. The Bertz CT molecular complexity index is 571. The molecule has 2 heterocycles. The van der Waals surface area contributed by atoms with Gasteiger partial charge in [-0.05, 0) is 38.1 Å². The van der Waals surface area contributed by atoms with Crippen LogP contribution in [0.15, 0.2) is 30.3 Å². The van der Waals surface area contributed by atoms with Crippen LogP contribution in [-0.4, -0.2) is 42.2 Å². The lowest BCUT2D eigenvalue weighted by Gasteiger charge is -2.16. The van der Waals surface area contributed by atoms with Gasteiger partial charge in [-0.3, -0.25) is 9.69 Å². The highest BCUT2D eigenvalue weighted by atomic mass is 16.7. The first-order valence-corrected chi connectivity index (χ1v) is 6.80. The molecule has 1 aromatic carbocycles. The van der Waals surface area contributed by atoms with E-state index in [1.807, 2.05) is 30.3 Å². The summed E-state index contributed by atoms with van der Waals surface area (Å²) in [6.45, 7) is 3.86. The van der Waals surface area contributed by atoms with Gasteiger partial charge in [0.2, 0.25) is 0 Å². The van der Waals surface area contributed by atoms with Crippen molar-refractivity contribution in [3.8, 4) is 0 Å². The molecule has 0 spiro atoms. The van der Waals surface area contributed by atoms with Gasteiger partial charge in [-0.25, -0.2) is 0 Å². The summed E-state index contributed by atoms with van der Waals surface area (Å²) in [5, 5.41) is 1.03. The summed E-state index contributed by atoms with van der Waals surface area (Å²) >= 11 is 0. The fourth-order valence-corrected chi connectivity index (χ4v) is 2.64. The van der Waals surface area contributed by atoms with Crippen LogP contribution in [0.4, 0.5) is 0 Å². The molecule has 1 aliphatic rings. The molecular formula is C15H18N2O2. The second kappa shape index (κ2) is 5.45. The molecule has 4 heteroatoms. The van der Waals surface area contributed by atoms with Crippen molar-refractivity contribution in [3.63, 3.8) is 0 Å². The molecule has 0 N–H and O–H groups in total. The Morgan fingerprint density at radius 1 is 1.21 bits per heavy atom. The predicted octanol–water partition coefficient (Wildman–Crippen LogP) is 1.98. The van der Waals surface area contributed by atoms with Crippen LogP contribution in [0, 0.1) is 0 Å². The quantitative estimate of drug-likeness (QED) is 0.769. The minimum absolute atomic E-state index is 0.572. The number of carbonyl (C=O) groups is 1. The number of aldehydes is 1. The first-order valence-electron chi connectivity index (χ1n) is 6.80. The molecule has 0 unspecified atom stereocenters. The van der Waals surface area contributed by atoms with Crippen molar-refractivity contribution < 1.29 is 9.63 Å². The van der Waals surface area contributed by atoms with E-state index in [9.17, 15) is 4.79 Å². The van der Waals surface area contributed by atoms with E-state index >= 15 is 0 Å². The highest BCUT2D eigenvalue weighted by Crippen LogP contribution is 2.17. The van der Waals surface area contributed by atoms with Crippen molar-refractivity contribution in [1.29, 1.82) is 0 Å². The van der Waals surface area contributed by atoms with Crippen molar-refractivity contribution in [2.75, 3.05) is 26.2 Å². The predicted molar refractivity (Wildman–Crippen MR) is 74.4 cm³/mol. The lowest BCUT2D eigenvalue weighted by Crippen LogP contribution is -2.28. The van der Waals surface area contributed by atoms with E-state index in [-0.39, 0.29) is 0 Å². The third kappa shape index (κ3) is 2.49. The topological polar surface area (TPSA) is 34.5 Å². The van der Waals surface area contributed by atoms with Gasteiger partial charge in [0.05, 0.1) is 5.52 Å². The zero-order valence-corrected chi connectivity index (χ0v) is 10.9. The Kier molecular flexibility index (Phi) is 3.51. The van der Waals surface area contributed by atoms with Crippen molar-refractivity contribution in [3.05, 3.63) is 36.0 Å². The van der Waals surface area contributed by atoms with Crippen molar-refractivity contribution in [2.24, 2.45) is 0 Å². The molecule has 1 saturated heterocycles. The number of hydrogen-bond acceptors (Lipinski definition) is 3. The normalized spacial score (nSPS) is 16.0. The molecule has 0 atom stereocenters. The molecule has 100 valence electrons. The summed E-state index contributed by atoms with van der Waals surface area (Å²) < 4.78 is 1.65. The number of benzene rings is 1. The molecule has 2 aromatic rings. The average molecular weight is 258 g/mol. The highest BCUT2D eigenvalue weighted by molar-refractivity contribution is 5.88. The van der Waals surface area contributed by atoms with Gasteiger partial charge in [0.25, 0.3) is 0 Å². The third-order valence-electron chi connectivity index (χ3n) is 3.64. The molecular weight excluding hydrogens is 240 g/mol. The van der Waals surface area contributed by atoms with E-state index in [0.717, 1.165) is 36.8 Å². The lowest BCUT2D eigenvalue weighted by molar-refractivity contribution is 0.0886. The van der Waals surface area contributed by atoms with Crippen LogP contribution in [0.3, 0.4) is 0 Å². The molecule has 1 aliphatic heterocycles. The number of fused-ring (bicyclic) bond motifs is 1. The van der Waals surface area contributed by atoms with Crippen LogP contribution in [-0.2, 0) is 0 Å². The van der Waals surface area contributed by atoms with E-state index < -0.39 is 0 Å². The summed E-state index contributed by atoms with van der Waals surface area (Å²) in [7, 11) is 0. The average Bonchev–Trinajstić information content (AvgIpc) is 3.06. The van der Waals surface area contributed by atoms with Crippen LogP contribution in [0.1, 0.15) is 23.3 Å². The maximum absolute atomic E-state index is 11.1. The van der Waals surface area contributed by atoms with Gasteiger partial charge in [-0.1, -0.05) is 18.2 Å². The number of rotatable bonds is 5. The minimum atomic E-state index is 0.572. The summed E-state index contributed by atoms with van der Waals surface area (Å²) in [6, 6.07) is 9.74. The van der Waals surface area contributed by atoms with Gasteiger partial charge in [-0.15, -0.1) is 0 Å². The van der Waals surface area contributed by atoms with Gasteiger partial charge in [0.1, 0.15) is 12.3 Å². The Balaban J connectivity index is 1.73. The number of hydrogen-bond donors (Lipinski definition) is 0. The highest BCUT2D eigenvalue weighted by Gasteiger charge is 2.12. The molecule has 3 rings (SSSR count). The molecule has 0 radical (unpaired) electrons. The van der Waals surface area contributed by atoms with E-state index in [4.69, 9.17) is 4.84 Å². The van der Waals surface area contributed by atoms with E-state index in [1.165, 1.54) is 12.8 Å². The molecule has 0 saturated carbocycles. The van der Waals surface area contributed by atoms with Crippen LogP contribution < -0.4 is 4.84 Å². The molecule has 0 amide bonds. The van der Waals surface area contributed by atoms with Crippen molar-refractivity contribution in [2.45, 2.75) is 12.8 Å². The first-order chi connectivity index (χ1) is 9.38.